The van der Waals surface area contributed by atoms with Crippen molar-refractivity contribution >= 4 is 18.3 Å². The van der Waals surface area contributed by atoms with Gasteiger partial charge in [0.1, 0.15) is 11.9 Å². The second kappa shape index (κ2) is 8.80. The van der Waals surface area contributed by atoms with E-state index in [1.807, 2.05) is 30.0 Å². The molecule has 1 aromatic carbocycles. The summed E-state index contributed by atoms with van der Waals surface area (Å²) in [6, 6.07) is 9.72. The molecule has 2 saturated heterocycles. The highest BCUT2D eigenvalue weighted by atomic mass is 35.5. The van der Waals surface area contributed by atoms with Crippen molar-refractivity contribution in [1.29, 1.82) is 0 Å². The van der Waals surface area contributed by atoms with Crippen LogP contribution in [0.1, 0.15) is 30.3 Å². The maximum absolute atomic E-state index is 13.4. The van der Waals surface area contributed by atoms with E-state index in [9.17, 15) is 4.79 Å². The number of aryl methyl sites for hydroxylation is 1. The van der Waals surface area contributed by atoms with Gasteiger partial charge in [-0.15, -0.1) is 17.5 Å². The number of hydrogen-bond acceptors (Lipinski definition) is 5. The monoisotopic (exact) mass is 390 g/mol. The number of carbonyl (C=O) groups is 1. The molecule has 2 aromatic rings. The summed E-state index contributed by atoms with van der Waals surface area (Å²) in [5.41, 5.74) is 1.12. The first-order chi connectivity index (χ1) is 12.7. The number of likely N-dealkylation sites (tertiary alicyclic amines) is 1. The molecule has 0 spiro atoms. The fourth-order valence-corrected chi connectivity index (χ4v) is 4.29. The van der Waals surface area contributed by atoms with Crippen LogP contribution in [0.2, 0.25) is 0 Å². The van der Waals surface area contributed by atoms with Crippen molar-refractivity contribution in [3.05, 3.63) is 41.7 Å². The summed E-state index contributed by atoms with van der Waals surface area (Å²) in [6.07, 6.45) is 2.77. The summed E-state index contributed by atoms with van der Waals surface area (Å²) >= 11 is 0. The fraction of sp³-hybridized carbons (Fsp3) is 0.579. The SMILES string of the molecule is Cc1nnnn1C(Cc1ccccc1)C(=O)N1CC[C@@H]2CNC[C@@H]2CC1.Cl. The number of benzene rings is 1. The molecule has 1 aromatic heterocycles. The number of tetrazole rings is 1. The lowest BCUT2D eigenvalue weighted by Crippen LogP contribution is -2.40. The number of nitrogens with zero attached hydrogens (tertiary/aromatic N) is 5. The minimum absolute atomic E-state index is 0. The topological polar surface area (TPSA) is 75.9 Å². The molecule has 0 saturated carbocycles. The van der Waals surface area contributed by atoms with E-state index in [1.54, 1.807) is 4.68 Å². The van der Waals surface area contributed by atoms with Crippen molar-refractivity contribution in [3.63, 3.8) is 0 Å². The third-order valence-electron chi connectivity index (χ3n) is 5.84. The molecule has 1 amide bonds. The van der Waals surface area contributed by atoms with Crippen LogP contribution in [0.5, 0.6) is 0 Å². The average molecular weight is 391 g/mol. The molecule has 8 heteroatoms. The van der Waals surface area contributed by atoms with Crippen LogP contribution in [0.3, 0.4) is 0 Å². The first-order valence-electron chi connectivity index (χ1n) is 9.50. The third kappa shape index (κ3) is 4.30. The first-order valence-corrected chi connectivity index (χ1v) is 9.50. The van der Waals surface area contributed by atoms with Crippen molar-refractivity contribution in [2.45, 2.75) is 32.2 Å². The number of hydrogen-bond donors (Lipinski definition) is 1. The second-order valence-electron chi connectivity index (χ2n) is 7.46. The number of halogens is 1. The number of rotatable bonds is 4. The molecule has 3 atom stereocenters. The zero-order chi connectivity index (χ0) is 17.9. The van der Waals surface area contributed by atoms with Crippen LogP contribution in [-0.4, -0.2) is 57.2 Å². The van der Waals surface area contributed by atoms with Crippen LogP contribution >= 0.6 is 12.4 Å². The van der Waals surface area contributed by atoms with E-state index in [2.05, 4.69) is 33.0 Å². The van der Waals surface area contributed by atoms with E-state index in [0.717, 1.165) is 44.6 Å². The molecule has 4 rings (SSSR count). The van der Waals surface area contributed by atoms with Crippen LogP contribution in [0.15, 0.2) is 30.3 Å². The molecule has 0 bridgehead atoms. The van der Waals surface area contributed by atoms with Gasteiger partial charge in [-0.3, -0.25) is 4.79 Å². The summed E-state index contributed by atoms with van der Waals surface area (Å²) in [6.45, 7) is 5.69. The third-order valence-corrected chi connectivity index (χ3v) is 5.84. The Morgan fingerprint density at radius 1 is 1.19 bits per heavy atom. The van der Waals surface area contributed by atoms with Gasteiger partial charge in [-0.2, -0.15) is 0 Å². The van der Waals surface area contributed by atoms with E-state index in [4.69, 9.17) is 0 Å². The highest BCUT2D eigenvalue weighted by Gasteiger charge is 2.34. The number of fused-ring (bicyclic) bond motifs is 1. The molecule has 146 valence electrons. The number of aromatic nitrogens is 4. The lowest BCUT2D eigenvalue weighted by atomic mass is 9.92. The van der Waals surface area contributed by atoms with E-state index >= 15 is 0 Å². The minimum atomic E-state index is -0.386. The van der Waals surface area contributed by atoms with Gasteiger partial charge in [-0.1, -0.05) is 30.3 Å². The Bertz CT molecular complexity index is 738. The standard InChI is InChI=1S/C19H26N6O.ClH/c1-14-21-22-23-25(14)18(11-15-5-3-2-4-6-15)19(26)24-9-7-16-12-20-13-17(16)8-10-24;/h2-6,16-18,20H,7-13H2,1H3;1H/t16-,17+,18?;. The Labute approximate surface area is 165 Å². The van der Waals surface area contributed by atoms with Gasteiger partial charge in [0.2, 0.25) is 5.91 Å². The first kappa shape index (κ1) is 19.8. The van der Waals surface area contributed by atoms with E-state index in [-0.39, 0.29) is 24.4 Å². The predicted octanol–water partition coefficient (Wildman–Crippen LogP) is 1.65. The Balaban J connectivity index is 0.00000210. The maximum Gasteiger partial charge on any atom is 0.247 e. The quantitative estimate of drug-likeness (QED) is 0.858. The van der Waals surface area contributed by atoms with Crippen LogP contribution in [0.4, 0.5) is 0 Å². The van der Waals surface area contributed by atoms with E-state index in [1.165, 1.54) is 0 Å². The van der Waals surface area contributed by atoms with Gasteiger partial charge in [0.25, 0.3) is 0 Å². The number of amides is 1. The van der Waals surface area contributed by atoms with Gasteiger partial charge in [0, 0.05) is 19.5 Å². The summed E-state index contributed by atoms with van der Waals surface area (Å²) in [5.74, 6) is 2.22. The van der Waals surface area contributed by atoms with Crippen molar-refractivity contribution in [2.75, 3.05) is 26.2 Å². The Morgan fingerprint density at radius 3 is 2.44 bits per heavy atom. The van der Waals surface area contributed by atoms with Gasteiger partial charge < -0.3 is 10.2 Å². The van der Waals surface area contributed by atoms with Gasteiger partial charge >= 0.3 is 0 Å². The van der Waals surface area contributed by atoms with Gasteiger partial charge in [-0.25, -0.2) is 4.68 Å². The summed E-state index contributed by atoms with van der Waals surface area (Å²) in [4.78, 5) is 15.5. The predicted molar refractivity (Wildman–Crippen MR) is 105 cm³/mol. The maximum atomic E-state index is 13.4. The molecule has 0 aliphatic carbocycles. The second-order valence-corrected chi connectivity index (χ2v) is 7.46. The molecule has 27 heavy (non-hydrogen) atoms. The molecular formula is C19H27ClN6O. The Hall–Kier alpha value is -1.99. The summed E-state index contributed by atoms with van der Waals surface area (Å²) in [7, 11) is 0. The van der Waals surface area contributed by atoms with Crippen LogP contribution in [0.25, 0.3) is 0 Å². The summed E-state index contributed by atoms with van der Waals surface area (Å²) < 4.78 is 1.68. The van der Waals surface area contributed by atoms with E-state index < -0.39 is 0 Å². The van der Waals surface area contributed by atoms with Crippen LogP contribution in [0, 0.1) is 18.8 Å². The molecule has 0 radical (unpaired) electrons. The molecule has 1 N–H and O–H groups in total. The lowest BCUT2D eigenvalue weighted by molar-refractivity contribution is -0.135. The van der Waals surface area contributed by atoms with Crippen LogP contribution < -0.4 is 5.32 Å². The Kier molecular flexibility index (Phi) is 6.44. The average Bonchev–Trinajstić information content (AvgIpc) is 3.24. The highest BCUT2D eigenvalue weighted by molar-refractivity contribution is 5.85. The van der Waals surface area contributed by atoms with Crippen LogP contribution in [-0.2, 0) is 11.2 Å². The smallest absolute Gasteiger partial charge is 0.247 e. The largest absolute Gasteiger partial charge is 0.341 e. The number of carbonyl (C=O) groups excluding carboxylic acids is 1. The van der Waals surface area contributed by atoms with Crippen molar-refractivity contribution in [1.82, 2.24) is 30.4 Å². The van der Waals surface area contributed by atoms with Crippen molar-refractivity contribution < 1.29 is 4.79 Å². The van der Waals surface area contributed by atoms with Crippen molar-refractivity contribution in [2.24, 2.45) is 11.8 Å². The molecule has 2 aliphatic heterocycles. The molecule has 3 heterocycles. The normalized spacial score (nSPS) is 23.2. The molecular weight excluding hydrogens is 364 g/mol. The molecule has 7 nitrogen and oxygen atoms in total. The molecule has 1 unspecified atom stereocenters. The van der Waals surface area contributed by atoms with Gasteiger partial charge in [0.05, 0.1) is 0 Å². The molecule has 2 aliphatic rings. The van der Waals surface area contributed by atoms with Gasteiger partial charge in [0.15, 0.2) is 0 Å². The fourth-order valence-electron chi connectivity index (χ4n) is 4.29. The zero-order valence-corrected chi connectivity index (χ0v) is 16.4. The minimum Gasteiger partial charge on any atom is -0.341 e. The zero-order valence-electron chi connectivity index (χ0n) is 15.6. The number of nitrogens with one attached hydrogen (secondary N) is 1. The van der Waals surface area contributed by atoms with Gasteiger partial charge in [-0.05, 0) is 60.7 Å². The Morgan fingerprint density at radius 2 is 1.85 bits per heavy atom. The lowest BCUT2D eigenvalue weighted by Gasteiger charge is -2.26. The molecule has 2 fully saturated rings. The summed E-state index contributed by atoms with van der Waals surface area (Å²) in [5, 5.41) is 15.3. The van der Waals surface area contributed by atoms with Crippen molar-refractivity contribution in [3.8, 4) is 0 Å². The highest BCUT2D eigenvalue weighted by Crippen LogP contribution is 2.28. The van der Waals surface area contributed by atoms with E-state index in [0.29, 0.717) is 24.1 Å².